The summed E-state index contributed by atoms with van der Waals surface area (Å²) < 4.78 is 7.65. The van der Waals surface area contributed by atoms with Crippen LogP contribution in [0.15, 0.2) is 158 Å². The first-order valence-electron chi connectivity index (χ1n) is 15.5. The first kappa shape index (κ1) is 25.9. The molecule has 0 saturated carbocycles. The number of thiophene rings is 2. The molecule has 10 aromatic rings. The second-order valence-electron chi connectivity index (χ2n) is 11.8. The van der Waals surface area contributed by atoms with Gasteiger partial charge < -0.3 is 9.47 Å². The van der Waals surface area contributed by atoms with Crippen LogP contribution >= 0.6 is 22.7 Å². The number of nitrogens with zero attached hydrogens (tertiary/aromatic N) is 2. The number of para-hydroxylation sites is 2. The van der Waals surface area contributed by atoms with Crippen LogP contribution in [-0.4, -0.2) is 4.57 Å². The van der Waals surface area contributed by atoms with Crippen molar-refractivity contribution in [3.05, 3.63) is 158 Å². The lowest BCUT2D eigenvalue weighted by Gasteiger charge is -2.26. The highest BCUT2D eigenvalue weighted by atomic mass is 32.1. The van der Waals surface area contributed by atoms with Crippen LogP contribution in [0.2, 0.25) is 0 Å². The van der Waals surface area contributed by atoms with E-state index in [9.17, 15) is 0 Å². The van der Waals surface area contributed by atoms with Gasteiger partial charge in [-0.05, 0) is 84.9 Å². The predicted octanol–water partition coefficient (Wildman–Crippen LogP) is 13.0. The van der Waals surface area contributed by atoms with Crippen molar-refractivity contribution in [2.45, 2.75) is 0 Å². The lowest BCUT2D eigenvalue weighted by molar-refractivity contribution is 1.17. The molecule has 0 radical (unpaired) electrons. The quantitative estimate of drug-likeness (QED) is 0.190. The van der Waals surface area contributed by atoms with Gasteiger partial charge in [0.2, 0.25) is 0 Å². The third-order valence-electron chi connectivity index (χ3n) is 9.18. The number of anilines is 3. The van der Waals surface area contributed by atoms with E-state index in [0.29, 0.717) is 0 Å². The Bertz CT molecular complexity index is 2600. The maximum atomic E-state index is 2.41. The van der Waals surface area contributed by atoms with Crippen molar-refractivity contribution in [3.8, 4) is 5.69 Å². The third kappa shape index (κ3) is 3.87. The summed E-state index contributed by atoms with van der Waals surface area (Å²) >= 11 is 3.72. The average molecular weight is 623 g/mol. The van der Waals surface area contributed by atoms with Crippen LogP contribution in [0.3, 0.4) is 0 Å². The summed E-state index contributed by atoms with van der Waals surface area (Å²) in [6.45, 7) is 0. The number of hydrogen-bond donors (Lipinski definition) is 0. The van der Waals surface area contributed by atoms with Crippen molar-refractivity contribution in [3.63, 3.8) is 0 Å². The zero-order chi connectivity index (χ0) is 30.2. The molecule has 0 aliphatic rings. The predicted molar refractivity (Wildman–Crippen MR) is 201 cm³/mol. The Morgan fingerprint density at radius 1 is 0.348 bits per heavy atom. The van der Waals surface area contributed by atoms with E-state index < -0.39 is 0 Å². The van der Waals surface area contributed by atoms with Gasteiger partial charge in [0.15, 0.2) is 0 Å². The molecule has 3 heterocycles. The third-order valence-corrected chi connectivity index (χ3v) is 11.5. The van der Waals surface area contributed by atoms with Gasteiger partial charge in [0.1, 0.15) is 0 Å². The van der Waals surface area contributed by atoms with Gasteiger partial charge >= 0.3 is 0 Å². The Morgan fingerprint density at radius 3 is 1.28 bits per heavy atom. The van der Waals surface area contributed by atoms with E-state index in [1.807, 2.05) is 22.7 Å². The monoisotopic (exact) mass is 622 g/mol. The largest absolute Gasteiger partial charge is 0.310 e. The molecular weight excluding hydrogens is 597 g/mol. The van der Waals surface area contributed by atoms with Gasteiger partial charge in [0.05, 0.1) is 11.0 Å². The fraction of sp³-hybridized carbons (Fsp3) is 0. The molecule has 10 rings (SSSR count). The lowest BCUT2D eigenvalue weighted by atomic mass is 10.1. The number of fused-ring (bicyclic) bond motifs is 9. The van der Waals surface area contributed by atoms with Crippen molar-refractivity contribution in [1.29, 1.82) is 0 Å². The molecule has 3 aromatic heterocycles. The standard InChI is InChI=1S/C42H26N2S2/c1-5-13-37-31(9-1)32-10-2-6-14-38(32)44(37)28-19-17-27(18-20-28)43(29-21-23-41-35(25-29)33-11-3-7-15-39(33)45-41)30-22-24-42-36(26-30)34-12-4-8-16-40(34)46-42/h1-26H. The van der Waals surface area contributed by atoms with Crippen LogP contribution in [0.1, 0.15) is 0 Å². The molecule has 0 spiro atoms. The minimum atomic E-state index is 1.13. The maximum Gasteiger partial charge on any atom is 0.0541 e. The molecule has 216 valence electrons. The molecule has 7 aromatic carbocycles. The SMILES string of the molecule is c1ccc2c(c1)sc1ccc(N(c3ccc(-n4c5ccccc5c5ccccc54)cc3)c3ccc4sc5ccccc5c4c3)cc12. The molecule has 4 heteroatoms. The second-order valence-corrected chi connectivity index (χ2v) is 13.9. The summed E-state index contributed by atoms with van der Waals surface area (Å²) in [6.07, 6.45) is 0. The smallest absolute Gasteiger partial charge is 0.0541 e. The van der Waals surface area contributed by atoms with E-state index in [0.717, 1.165) is 22.7 Å². The summed E-state index contributed by atoms with van der Waals surface area (Å²) in [7, 11) is 0. The van der Waals surface area contributed by atoms with Crippen molar-refractivity contribution in [1.82, 2.24) is 4.57 Å². The fourth-order valence-electron chi connectivity index (χ4n) is 7.10. The Balaban J connectivity index is 1.18. The van der Waals surface area contributed by atoms with Crippen LogP contribution in [0, 0.1) is 0 Å². The Labute approximate surface area is 273 Å². The van der Waals surface area contributed by atoms with Crippen LogP contribution in [0.25, 0.3) is 67.8 Å². The Morgan fingerprint density at radius 2 is 0.761 bits per heavy atom. The van der Waals surface area contributed by atoms with Gasteiger partial charge in [0.25, 0.3) is 0 Å². The van der Waals surface area contributed by atoms with E-state index >= 15 is 0 Å². The van der Waals surface area contributed by atoms with Gasteiger partial charge in [-0.2, -0.15) is 0 Å². The molecule has 0 atom stereocenters. The number of rotatable bonds is 4. The van der Waals surface area contributed by atoms with Crippen molar-refractivity contribution < 1.29 is 0 Å². The van der Waals surface area contributed by atoms with E-state index in [1.165, 1.54) is 62.2 Å². The number of benzene rings is 7. The molecule has 0 N–H and O–H groups in total. The summed E-state index contributed by atoms with van der Waals surface area (Å²) in [6, 6.07) is 57.8. The lowest BCUT2D eigenvalue weighted by Crippen LogP contribution is -2.10. The van der Waals surface area contributed by atoms with Crippen LogP contribution in [0.4, 0.5) is 17.1 Å². The van der Waals surface area contributed by atoms with E-state index in [1.54, 1.807) is 0 Å². The first-order valence-corrected chi connectivity index (χ1v) is 17.1. The highest BCUT2D eigenvalue weighted by Gasteiger charge is 2.18. The molecule has 0 amide bonds. The normalized spacial score (nSPS) is 11.9. The maximum absolute atomic E-state index is 2.41. The minimum absolute atomic E-state index is 1.13. The molecule has 2 nitrogen and oxygen atoms in total. The van der Waals surface area contributed by atoms with Gasteiger partial charge in [0, 0.05) is 73.9 Å². The zero-order valence-electron chi connectivity index (χ0n) is 24.7. The molecule has 0 aliphatic carbocycles. The van der Waals surface area contributed by atoms with E-state index in [4.69, 9.17) is 0 Å². The topological polar surface area (TPSA) is 8.17 Å². The summed E-state index contributed by atoms with van der Waals surface area (Å²) in [5.41, 5.74) is 7.02. The van der Waals surface area contributed by atoms with Gasteiger partial charge in [-0.15, -0.1) is 22.7 Å². The first-order chi connectivity index (χ1) is 22.8. The van der Waals surface area contributed by atoms with E-state index in [-0.39, 0.29) is 0 Å². The zero-order valence-corrected chi connectivity index (χ0v) is 26.4. The molecule has 0 fully saturated rings. The highest BCUT2D eigenvalue weighted by Crippen LogP contribution is 2.43. The average Bonchev–Trinajstić information content (AvgIpc) is 3.78. The summed E-state index contributed by atoms with van der Waals surface area (Å²) in [5, 5.41) is 7.77. The minimum Gasteiger partial charge on any atom is -0.310 e. The van der Waals surface area contributed by atoms with Crippen molar-refractivity contribution in [2.75, 3.05) is 4.90 Å². The second kappa shape index (κ2) is 10.0. The molecule has 0 unspecified atom stereocenters. The molecule has 46 heavy (non-hydrogen) atoms. The summed E-state index contributed by atoms with van der Waals surface area (Å²) in [4.78, 5) is 2.41. The van der Waals surface area contributed by atoms with Gasteiger partial charge in [-0.3, -0.25) is 0 Å². The van der Waals surface area contributed by atoms with Crippen LogP contribution < -0.4 is 4.90 Å². The molecule has 0 aliphatic heterocycles. The Kier molecular flexibility index (Phi) is 5.65. The number of aromatic nitrogens is 1. The summed E-state index contributed by atoms with van der Waals surface area (Å²) in [5.74, 6) is 0. The molecular formula is C42H26N2S2. The van der Waals surface area contributed by atoms with E-state index in [2.05, 4.69) is 167 Å². The number of hydrogen-bond acceptors (Lipinski definition) is 3. The van der Waals surface area contributed by atoms with Crippen molar-refractivity contribution >= 4 is 102 Å². The van der Waals surface area contributed by atoms with Gasteiger partial charge in [-0.1, -0.05) is 72.8 Å². The Hall–Kier alpha value is -5.42. The van der Waals surface area contributed by atoms with Crippen LogP contribution in [-0.2, 0) is 0 Å². The van der Waals surface area contributed by atoms with Crippen LogP contribution in [0.5, 0.6) is 0 Å². The molecule has 0 saturated heterocycles. The van der Waals surface area contributed by atoms with Gasteiger partial charge in [-0.25, -0.2) is 0 Å². The molecule has 0 bridgehead atoms. The van der Waals surface area contributed by atoms with Crippen molar-refractivity contribution in [2.24, 2.45) is 0 Å². The fourth-order valence-corrected chi connectivity index (χ4v) is 9.28. The highest BCUT2D eigenvalue weighted by molar-refractivity contribution is 7.26.